The fraction of sp³-hybridized carbons (Fsp3) is 0.133. The van der Waals surface area contributed by atoms with Crippen LogP contribution in [-0.2, 0) is 4.79 Å². The van der Waals surface area contributed by atoms with Crippen molar-refractivity contribution in [3.05, 3.63) is 54.6 Å². The molecule has 0 amide bonds. The molecule has 0 saturated carbocycles. The van der Waals surface area contributed by atoms with Crippen molar-refractivity contribution in [2.24, 2.45) is 5.73 Å². The molecule has 0 aromatic heterocycles. The van der Waals surface area contributed by atoms with E-state index >= 15 is 0 Å². The Morgan fingerprint density at radius 1 is 0.895 bits per heavy atom. The number of carbonyl (C=O) groups is 1. The van der Waals surface area contributed by atoms with Crippen molar-refractivity contribution < 1.29 is 14.3 Å². The average molecular weight is 257 g/mol. The van der Waals surface area contributed by atoms with Crippen LogP contribution in [-0.4, -0.2) is 12.5 Å². The molecule has 4 nitrogen and oxygen atoms in total. The molecule has 2 N–H and O–H groups in total. The molecule has 0 saturated heterocycles. The molecule has 0 heterocycles. The zero-order chi connectivity index (χ0) is 13.5. The number of benzene rings is 2. The van der Waals surface area contributed by atoms with Gasteiger partial charge in [-0.25, -0.2) is 0 Å². The lowest BCUT2D eigenvalue weighted by Crippen LogP contribution is -2.13. The first-order chi connectivity index (χ1) is 9.28. The second-order valence-electron chi connectivity index (χ2n) is 3.90. The van der Waals surface area contributed by atoms with Crippen LogP contribution in [0.1, 0.15) is 6.42 Å². The first kappa shape index (κ1) is 13.1. The summed E-state index contributed by atoms with van der Waals surface area (Å²) < 4.78 is 10.7. The topological polar surface area (TPSA) is 61.6 Å². The monoisotopic (exact) mass is 257 g/mol. The van der Waals surface area contributed by atoms with Crippen LogP contribution in [0.15, 0.2) is 54.6 Å². The molecule has 0 bridgehead atoms. The van der Waals surface area contributed by atoms with Gasteiger partial charge in [0.15, 0.2) is 0 Å². The lowest BCUT2D eigenvalue weighted by molar-refractivity contribution is -0.134. The van der Waals surface area contributed by atoms with Crippen LogP contribution in [0.4, 0.5) is 0 Å². The van der Waals surface area contributed by atoms with Gasteiger partial charge in [0.05, 0.1) is 6.42 Å². The van der Waals surface area contributed by atoms with Crippen molar-refractivity contribution in [3.8, 4) is 17.2 Å². The molecular weight excluding hydrogens is 242 g/mol. The summed E-state index contributed by atoms with van der Waals surface area (Å²) in [4.78, 5) is 11.3. The Labute approximate surface area is 111 Å². The van der Waals surface area contributed by atoms with E-state index in [9.17, 15) is 4.79 Å². The summed E-state index contributed by atoms with van der Waals surface area (Å²) >= 11 is 0. The number of rotatable bonds is 5. The van der Waals surface area contributed by atoms with E-state index in [4.69, 9.17) is 15.2 Å². The largest absolute Gasteiger partial charge is 0.457 e. The highest BCUT2D eigenvalue weighted by atomic mass is 16.5. The molecule has 4 heteroatoms. The van der Waals surface area contributed by atoms with Crippen molar-refractivity contribution in [2.75, 3.05) is 6.54 Å². The van der Waals surface area contributed by atoms with Gasteiger partial charge in [-0.2, -0.15) is 0 Å². The summed E-state index contributed by atoms with van der Waals surface area (Å²) in [5.41, 5.74) is 5.27. The molecule has 0 radical (unpaired) electrons. The molecule has 0 aliphatic heterocycles. The Balaban J connectivity index is 1.97. The van der Waals surface area contributed by atoms with Gasteiger partial charge in [-0.15, -0.1) is 0 Å². The van der Waals surface area contributed by atoms with Crippen molar-refractivity contribution in [3.63, 3.8) is 0 Å². The molecular formula is C15H15NO3. The van der Waals surface area contributed by atoms with Crippen molar-refractivity contribution in [1.29, 1.82) is 0 Å². The maximum atomic E-state index is 11.3. The molecule has 2 aromatic carbocycles. The van der Waals surface area contributed by atoms with Gasteiger partial charge in [-0.1, -0.05) is 18.2 Å². The van der Waals surface area contributed by atoms with Gasteiger partial charge >= 0.3 is 5.97 Å². The standard InChI is InChI=1S/C15H15NO3/c16-11-10-15(17)19-14-8-6-13(7-9-14)18-12-4-2-1-3-5-12/h1-9H,10-11,16H2. The van der Waals surface area contributed by atoms with E-state index < -0.39 is 0 Å². The maximum Gasteiger partial charge on any atom is 0.312 e. The van der Waals surface area contributed by atoms with Crippen molar-refractivity contribution >= 4 is 5.97 Å². The number of ether oxygens (including phenoxy) is 2. The Hall–Kier alpha value is -2.33. The fourth-order valence-corrected chi connectivity index (χ4v) is 1.50. The fourth-order valence-electron chi connectivity index (χ4n) is 1.50. The molecule has 2 rings (SSSR count). The van der Waals surface area contributed by atoms with Gasteiger partial charge < -0.3 is 15.2 Å². The third kappa shape index (κ3) is 4.12. The van der Waals surface area contributed by atoms with Gasteiger partial charge in [-0.3, -0.25) is 4.79 Å². The molecule has 0 aliphatic rings. The van der Waals surface area contributed by atoms with E-state index in [1.165, 1.54) is 0 Å². The van der Waals surface area contributed by atoms with Crippen LogP contribution in [0.5, 0.6) is 17.2 Å². The first-order valence-corrected chi connectivity index (χ1v) is 6.01. The van der Waals surface area contributed by atoms with E-state index in [1.54, 1.807) is 24.3 Å². The molecule has 98 valence electrons. The van der Waals surface area contributed by atoms with E-state index in [0.29, 0.717) is 11.5 Å². The highest BCUT2D eigenvalue weighted by Gasteiger charge is 2.03. The van der Waals surface area contributed by atoms with E-state index in [2.05, 4.69) is 0 Å². The minimum absolute atomic E-state index is 0.211. The molecule has 2 aromatic rings. The van der Waals surface area contributed by atoms with Gasteiger partial charge in [0, 0.05) is 6.54 Å². The quantitative estimate of drug-likeness (QED) is 0.661. The van der Waals surface area contributed by atoms with Gasteiger partial charge in [0.1, 0.15) is 17.2 Å². The van der Waals surface area contributed by atoms with Gasteiger partial charge in [0.2, 0.25) is 0 Å². The number of nitrogens with two attached hydrogens (primary N) is 1. The highest BCUT2D eigenvalue weighted by molar-refractivity contribution is 5.72. The summed E-state index contributed by atoms with van der Waals surface area (Å²) in [6.45, 7) is 0.286. The lowest BCUT2D eigenvalue weighted by atomic mass is 10.3. The van der Waals surface area contributed by atoms with Crippen molar-refractivity contribution in [2.45, 2.75) is 6.42 Å². The Kier molecular flexibility index (Phi) is 4.53. The van der Waals surface area contributed by atoms with E-state index in [-0.39, 0.29) is 18.9 Å². The molecule has 0 atom stereocenters. The van der Waals surface area contributed by atoms with Crippen LogP contribution in [0, 0.1) is 0 Å². The number of hydrogen-bond donors (Lipinski definition) is 1. The molecule has 0 fully saturated rings. The van der Waals surface area contributed by atoms with Crippen molar-refractivity contribution in [1.82, 2.24) is 0 Å². The van der Waals surface area contributed by atoms with Crippen LogP contribution >= 0.6 is 0 Å². The zero-order valence-corrected chi connectivity index (χ0v) is 10.4. The van der Waals surface area contributed by atoms with Crippen LogP contribution in [0.2, 0.25) is 0 Å². The maximum absolute atomic E-state index is 11.3. The minimum Gasteiger partial charge on any atom is -0.457 e. The number of hydrogen-bond acceptors (Lipinski definition) is 4. The summed E-state index contributed by atoms with van der Waals surface area (Å²) in [5, 5.41) is 0. The minimum atomic E-state index is -0.334. The SMILES string of the molecule is NCCC(=O)Oc1ccc(Oc2ccccc2)cc1. The predicted molar refractivity (Wildman–Crippen MR) is 72.3 cm³/mol. The molecule has 19 heavy (non-hydrogen) atoms. The van der Waals surface area contributed by atoms with E-state index in [1.807, 2.05) is 30.3 Å². The number of carbonyl (C=O) groups excluding carboxylic acids is 1. The smallest absolute Gasteiger partial charge is 0.312 e. The second-order valence-corrected chi connectivity index (χ2v) is 3.90. The number of esters is 1. The Morgan fingerprint density at radius 3 is 2.11 bits per heavy atom. The summed E-state index contributed by atoms with van der Waals surface area (Å²) in [5.74, 6) is 1.60. The molecule has 0 spiro atoms. The third-order valence-corrected chi connectivity index (χ3v) is 2.38. The third-order valence-electron chi connectivity index (χ3n) is 2.38. The number of para-hydroxylation sites is 1. The second kappa shape index (κ2) is 6.56. The predicted octanol–water partition coefficient (Wildman–Crippen LogP) is 2.73. The first-order valence-electron chi connectivity index (χ1n) is 6.01. The summed E-state index contributed by atoms with van der Waals surface area (Å²) in [6, 6.07) is 16.3. The Morgan fingerprint density at radius 2 is 1.47 bits per heavy atom. The van der Waals surface area contributed by atoms with E-state index in [0.717, 1.165) is 5.75 Å². The van der Waals surface area contributed by atoms with Crippen LogP contribution in [0.25, 0.3) is 0 Å². The Bertz CT molecular complexity index is 523. The average Bonchev–Trinajstić information content (AvgIpc) is 2.42. The zero-order valence-electron chi connectivity index (χ0n) is 10.4. The molecule has 0 unspecified atom stereocenters. The van der Waals surface area contributed by atoms with Gasteiger partial charge in [-0.05, 0) is 36.4 Å². The van der Waals surface area contributed by atoms with Gasteiger partial charge in [0.25, 0.3) is 0 Å². The van der Waals surface area contributed by atoms with Crippen LogP contribution < -0.4 is 15.2 Å². The summed E-state index contributed by atoms with van der Waals surface area (Å²) in [7, 11) is 0. The van der Waals surface area contributed by atoms with Crippen LogP contribution in [0.3, 0.4) is 0 Å². The normalized spacial score (nSPS) is 9.95. The summed E-state index contributed by atoms with van der Waals surface area (Å²) in [6.07, 6.45) is 0.211. The lowest BCUT2D eigenvalue weighted by Gasteiger charge is -2.07. The molecule has 0 aliphatic carbocycles. The highest BCUT2D eigenvalue weighted by Crippen LogP contribution is 2.23.